The predicted octanol–water partition coefficient (Wildman–Crippen LogP) is 2.98. The molecule has 2 nitrogen and oxygen atoms in total. The second-order valence-corrected chi connectivity index (χ2v) is 3.37. The number of phenolic OH excluding ortho intramolecular Hbond substituents is 1. The molecule has 0 aliphatic carbocycles. The summed E-state index contributed by atoms with van der Waals surface area (Å²) in [5.41, 5.74) is 1.37. The molecule has 1 rings (SSSR count). The number of alkyl halides is 3. The molecule has 0 radical (unpaired) electrons. The van der Waals surface area contributed by atoms with Crippen LogP contribution in [0.2, 0.25) is 0 Å². The molecule has 1 aromatic rings. The smallest absolute Gasteiger partial charge is 0.405 e. The van der Waals surface area contributed by atoms with Crippen LogP contribution in [0.15, 0.2) is 12.1 Å². The van der Waals surface area contributed by atoms with E-state index >= 15 is 0 Å². The minimum Gasteiger partial charge on any atom is -0.507 e. The SMILES string of the molecule is Cc1ccc(NCC(F)(F)F)c(C)c1O. The summed E-state index contributed by atoms with van der Waals surface area (Å²) in [7, 11) is 0. The number of halogens is 3. The van der Waals surface area contributed by atoms with Crippen molar-refractivity contribution in [3.8, 4) is 5.75 Å². The van der Waals surface area contributed by atoms with Gasteiger partial charge in [-0.05, 0) is 25.5 Å². The summed E-state index contributed by atoms with van der Waals surface area (Å²) < 4.78 is 35.8. The van der Waals surface area contributed by atoms with Gasteiger partial charge < -0.3 is 10.4 Å². The molecular weight excluding hydrogens is 207 g/mol. The lowest BCUT2D eigenvalue weighted by Gasteiger charge is -2.13. The second-order valence-electron chi connectivity index (χ2n) is 3.37. The molecule has 0 unspecified atom stereocenters. The topological polar surface area (TPSA) is 32.3 Å². The zero-order chi connectivity index (χ0) is 11.6. The minimum atomic E-state index is -4.26. The molecule has 0 spiro atoms. The third-order valence-electron chi connectivity index (χ3n) is 2.11. The van der Waals surface area contributed by atoms with Crippen molar-refractivity contribution in [1.29, 1.82) is 0 Å². The van der Waals surface area contributed by atoms with Gasteiger partial charge in [0.15, 0.2) is 0 Å². The molecule has 2 N–H and O–H groups in total. The number of hydrogen-bond donors (Lipinski definition) is 2. The molecule has 0 saturated carbocycles. The maximum Gasteiger partial charge on any atom is 0.405 e. The van der Waals surface area contributed by atoms with Crippen molar-refractivity contribution >= 4 is 5.69 Å². The Labute approximate surface area is 85.7 Å². The van der Waals surface area contributed by atoms with E-state index in [2.05, 4.69) is 5.32 Å². The summed E-state index contributed by atoms with van der Waals surface area (Å²) in [5, 5.41) is 11.7. The molecule has 15 heavy (non-hydrogen) atoms. The van der Waals surface area contributed by atoms with Crippen LogP contribution < -0.4 is 5.32 Å². The van der Waals surface area contributed by atoms with Crippen LogP contribution in [0.5, 0.6) is 5.75 Å². The van der Waals surface area contributed by atoms with Crippen molar-refractivity contribution in [2.24, 2.45) is 0 Å². The van der Waals surface area contributed by atoms with E-state index < -0.39 is 12.7 Å². The Bertz CT molecular complexity index is 360. The Morgan fingerprint density at radius 2 is 1.87 bits per heavy atom. The molecule has 0 bridgehead atoms. The lowest BCUT2D eigenvalue weighted by Crippen LogP contribution is -2.21. The van der Waals surface area contributed by atoms with Crippen LogP contribution in [0.3, 0.4) is 0 Å². The molecule has 0 atom stereocenters. The molecule has 5 heteroatoms. The highest BCUT2D eigenvalue weighted by molar-refractivity contribution is 5.59. The van der Waals surface area contributed by atoms with Gasteiger partial charge in [-0.2, -0.15) is 13.2 Å². The van der Waals surface area contributed by atoms with Crippen LogP contribution in [0.4, 0.5) is 18.9 Å². The van der Waals surface area contributed by atoms with Gasteiger partial charge in [0, 0.05) is 11.3 Å². The van der Waals surface area contributed by atoms with Crippen molar-refractivity contribution in [2.45, 2.75) is 20.0 Å². The number of aromatic hydroxyl groups is 1. The molecule has 0 saturated heterocycles. The first kappa shape index (κ1) is 11.7. The van der Waals surface area contributed by atoms with E-state index in [9.17, 15) is 18.3 Å². The van der Waals surface area contributed by atoms with Gasteiger partial charge in [-0.25, -0.2) is 0 Å². The summed E-state index contributed by atoms with van der Waals surface area (Å²) in [4.78, 5) is 0. The number of aryl methyl sites for hydroxylation is 1. The molecule has 0 heterocycles. The zero-order valence-corrected chi connectivity index (χ0v) is 8.44. The molecular formula is C10H12F3NO. The number of anilines is 1. The van der Waals surface area contributed by atoms with E-state index in [4.69, 9.17) is 0 Å². The molecule has 84 valence electrons. The number of rotatable bonds is 2. The highest BCUT2D eigenvalue weighted by Gasteiger charge is 2.26. The predicted molar refractivity (Wildman–Crippen MR) is 52.1 cm³/mol. The maximum absolute atomic E-state index is 11.9. The van der Waals surface area contributed by atoms with Crippen LogP contribution in [-0.2, 0) is 0 Å². The minimum absolute atomic E-state index is 0.0298. The first-order valence-corrected chi connectivity index (χ1v) is 4.41. The van der Waals surface area contributed by atoms with Crippen LogP contribution in [0.25, 0.3) is 0 Å². The van der Waals surface area contributed by atoms with Crippen molar-refractivity contribution in [3.63, 3.8) is 0 Å². The van der Waals surface area contributed by atoms with Gasteiger partial charge in [0.05, 0.1) is 0 Å². The van der Waals surface area contributed by atoms with Gasteiger partial charge >= 0.3 is 6.18 Å². The van der Waals surface area contributed by atoms with E-state index in [1.807, 2.05) is 0 Å². The van der Waals surface area contributed by atoms with E-state index in [0.29, 0.717) is 16.8 Å². The van der Waals surface area contributed by atoms with E-state index in [0.717, 1.165) is 0 Å². The Morgan fingerprint density at radius 3 is 2.40 bits per heavy atom. The highest BCUT2D eigenvalue weighted by Crippen LogP contribution is 2.28. The highest BCUT2D eigenvalue weighted by atomic mass is 19.4. The van der Waals surface area contributed by atoms with Crippen LogP contribution in [-0.4, -0.2) is 17.8 Å². The van der Waals surface area contributed by atoms with Gasteiger partial charge in [0.1, 0.15) is 12.3 Å². The molecule has 0 aliphatic rings. The average Bonchev–Trinajstić information content (AvgIpc) is 2.12. The monoisotopic (exact) mass is 219 g/mol. The fourth-order valence-electron chi connectivity index (χ4n) is 1.22. The molecule has 0 aliphatic heterocycles. The standard InChI is InChI=1S/C10H12F3NO/c1-6-3-4-8(7(2)9(6)15)14-5-10(11,12)13/h3-4,14-15H,5H2,1-2H3. The first-order valence-electron chi connectivity index (χ1n) is 4.41. The largest absolute Gasteiger partial charge is 0.507 e. The maximum atomic E-state index is 11.9. The third-order valence-corrected chi connectivity index (χ3v) is 2.11. The summed E-state index contributed by atoms with van der Waals surface area (Å²) in [6.45, 7) is 2.16. The Kier molecular flexibility index (Phi) is 3.12. The summed E-state index contributed by atoms with van der Waals surface area (Å²) in [6.07, 6.45) is -4.26. The third kappa shape index (κ3) is 3.04. The molecule has 1 aromatic carbocycles. The lowest BCUT2D eigenvalue weighted by molar-refractivity contribution is -0.115. The van der Waals surface area contributed by atoms with Crippen LogP contribution in [0.1, 0.15) is 11.1 Å². The van der Waals surface area contributed by atoms with Crippen molar-refractivity contribution in [2.75, 3.05) is 11.9 Å². The normalized spacial score (nSPS) is 11.5. The van der Waals surface area contributed by atoms with Gasteiger partial charge in [-0.15, -0.1) is 0 Å². The van der Waals surface area contributed by atoms with Gasteiger partial charge in [0.25, 0.3) is 0 Å². The number of hydrogen-bond acceptors (Lipinski definition) is 2. The van der Waals surface area contributed by atoms with Crippen molar-refractivity contribution in [3.05, 3.63) is 23.3 Å². The van der Waals surface area contributed by atoms with Crippen LogP contribution >= 0.6 is 0 Å². The van der Waals surface area contributed by atoms with E-state index in [1.165, 1.54) is 6.07 Å². The van der Waals surface area contributed by atoms with E-state index in [-0.39, 0.29) is 5.75 Å². The number of nitrogens with one attached hydrogen (secondary N) is 1. The quantitative estimate of drug-likeness (QED) is 0.801. The van der Waals surface area contributed by atoms with E-state index in [1.54, 1.807) is 19.9 Å². The lowest BCUT2D eigenvalue weighted by atomic mass is 10.1. The molecule has 0 amide bonds. The van der Waals surface area contributed by atoms with Gasteiger partial charge in [-0.3, -0.25) is 0 Å². The Morgan fingerprint density at radius 1 is 1.27 bits per heavy atom. The zero-order valence-electron chi connectivity index (χ0n) is 8.44. The Hall–Kier alpha value is -1.39. The molecule has 0 aromatic heterocycles. The van der Waals surface area contributed by atoms with Crippen molar-refractivity contribution in [1.82, 2.24) is 0 Å². The number of phenols is 1. The fourth-order valence-corrected chi connectivity index (χ4v) is 1.22. The first-order chi connectivity index (χ1) is 6.81. The summed E-state index contributed by atoms with van der Waals surface area (Å²) in [5.74, 6) is 0.0298. The second kappa shape index (κ2) is 4.00. The fraction of sp³-hybridized carbons (Fsp3) is 0.400. The van der Waals surface area contributed by atoms with Crippen LogP contribution in [0, 0.1) is 13.8 Å². The van der Waals surface area contributed by atoms with Crippen molar-refractivity contribution < 1.29 is 18.3 Å². The molecule has 0 fully saturated rings. The average molecular weight is 219 g/mol. The summed E-state index contributed by atoms with van der Waals surface area (Å²) >= 11 is 0. The number of benzene rings is 1. The van der Waals surface area contributed by atoms with Gasteiger partial charge in [-0.1, -0.05) is 6.07 Å². The van der Waals surface area contributed by atoms with Gasteiger partial charge in [0.2, 0.25) is 0 Å². The Balaban J connectivity index is 2.83. The summed E-state index contributed by atoms with van der Waals surface area (Å²) in [6, 6.07) is 3.09.